The lowest BCUT2D eigenvalue weighted by molar-refractivity contribution is -0.133. The van der Waals surface area contributed by atoms with E-state index in [-0.39, 0.29) is 17.5 Å². The van der Waals surface area contributed by atoms with E-state index in [0.29, 0.717) is 6.61 Å². The Hall–Kier alpha value is -0.610. The van der Waals surface area contributed by atoms with E-state index < -0.39 is 0 Å². The highest BCUT2D eigenvalue weighted by molar-refractivity contribution is 5.81. The van der Waals surface area contributed by atoms with Gasteiger partial charge < -0.3 is 9.64 Å². The summed E-state index contributed by atoms with van der Waals surface area (Å²) in [6.07, 6.45) is 4.78. The van der Waals surface area contributed by atoms with Crippen LogP contribution >= 0.6 is 0 Å². The smallest absolute Gasteiger partial charge is 0.239 e. The van der Waals surface area contributed by atoms with Crippen molar-refractivity contribution in [1.82, 2.24) is 10.2 Å². The van der Waals surface area contributed by atoms with Gasteiger partial charge in [0.15, 0.2) is 0 Å². The standard InChI is InChI=1S/C14H28N2O2/c1-12(15-14(2,3)11-18-4)13(17)16-9-7-5-6-8-10-16/h12,15H,5-11H2,1-4H3. The third-order valence-electron chi connectivity index (χ3n) is 3.40. The number of carbonyl (C=O) groups is 1. The molecule has 0 aromatic rings. The average molecular weight is 256 g/mol. The molecule has 0 saturated carbocycles. The van der Waals surface area contributed by atoms with Crippen molar-refractivity contribution < 1.29 is 9.53 Å². The minimum atomic E-state index is -0.171. The first-order valence-corrected chi connectivity index (χ1v) is 7.02. The molecule has 0 bridgehead atoms. The van der Waals surface area contributed by atoms with E-state index in [2.05, 4.69) is 19.2 Å². The number of ether oxygens (including phenoxy) is 1. The lowest BCUT2D eigenvalue weighted by atomic mass is 10.1. The quantitative estimate of drug-likeness (QED) is 0.815. The molecule has 1 unspecified atom stereocenters. The number of carbonyl (C=O) groups excluding carboxylic acids is 1. The summed E-state index contributed by atoms with van der Waals surface area (Å²) in [4.78, 5) is 14.4. The fourth-order valence-corrected chi connectivity index (χ4v) is 2.62. The molecule has 1 aliphatic heterocycles. The van der Waals surface area contributed by atoms with Crippen molar-refractivity contribution >= 4 is 5.91 Å². The molecule has 1 N–H and O–H groups in total. The highest BCUT2D eigenvalue weighted by Gasteiger charge is 2.27. The predicted octanol–water partition coefficient (Wildman–Crippen LogP) is 1.79. The molecule has 1 heterocycles. The maximum atomic E-state index is 12.4. The van der Waals surface area contributed by atoms with Crippen LogP contribution in [-0.4, -0.2) is 49.2 Å². The van der Waals surface area contributed by atoms with Gasteiger partial charge in [0.1, 0.15) is 0 Å². The van der Waals surface area contributed by atoms with E-state index in [9.17, 15) is 4.79 Å². The van der Waals surface area contributed by atoms with Crippen LogP contribution in [0.25, 0.3) is 0 Å². The van der Waals surface area contributed by atoms with Gasteiger partial charge in [-0.3, -0.25) is 10.1 Å². The van der Waals surface area contributed by atoms with Crippen molar-refractivity contribution in [1.29, 1.82) is 0 Å². The summed E-state index contributed by atoms with van der Waals surface area (Å²) in [5.41, 5.74) is -0.171. The second-order valence-electron chi connectivity index (χ2n) is 5.92. The number of hydrogen-bond donors (Lipinski definition) is 1. The molecule has 1 amide bonds. The summed E-state index contributed by atoms with van der Waals surface area (Å²) in [6.45, 7) is 8.49. The first-order chi connectivity index (χ1) is 8.46. The molecule has 0 radical (unpaired) electrons. The molecule has 0 aromatic carbocycles. The van der Waals surface area contributed by atoms with Crippen LogP contribution in [0.5, 0.6) is 0 Å². The Labute approximate surface area is 111 Å². The fourth-order valence-electron chi connectivity index (χ4n) is 2.62. The van der Waals surface area contributed by atoms with Crippen LogP contribution in [0.3, 0.4) is 0 Å². The second kappa shape index (κ2) is 7.10. The van der Waals surface area contributed by atoms with Crippen LogP contribution in [0.2, 0.25) is 0 Å². The Balaban J connectivity index is 2.49. The zero-order valence-electron chi connectivity index (χ0n) is 12.3. The molecule has 1 aliphatic rings. The van der Waals surface area contributed by atoms with Crippen molar-refractivity contribution in [3.63, 3.8) is 0 Å². The molecular formula is C14H28N2O2. The maximum absolute atomic E-state index is 12.4. The Morgan fingerprint density at radius 2 is 1.83 bits per heavy atom. The average Bonchev–Trinajstić information content (AvgIpc) is 2.55. The molecule has 1 saturated heterocycles. The van der Waals surface area contributed by atoms with Crippen LogP contribution in [0.15, 0.2) is 0 Å². The van der Waals surface area contributed by atoms with Gasteiger partial charge in [-0.05, 0) is 33.6 Å². The normalized spacial score (nSPS) is 19.4. The fraction of sp³-hybridized carbons (Fsp3) is 0.929. The monoisotopic (exact) mass is 256 g/mol. The molecule has 1 fully saturated rings. The topological polar surface area (TPSA) is 41.6 Å². The number of methoxy groups -OCH3 is 1. The van der Waals surface area contributed by atoms with Gasteiger partial charge >= 0.3 is 0 Å². The third-order valence-corrected chi connectivity index (χ3v) is 3.40. The van der Waals surface area contributed by atoms with Crippen molar-refractivity contribution in [2.75, 3.05) is 26.8 Å². The number of rotatable bonds is 5. The Bertz CT molecular complexity index is 259. The highest BCUT2D eigenvalue weighted by Crippen LogP contribution is 2.12. The molecule has 106 valence electrons. The Morgan fingerprint density at radius 1 is 1.28 bits per heavy atom. The third kappa shape index (κ3) is 4.94. The van der Waals surface area contributed by atoms with Gasteiger partial charge in [0.05, 0.1) is 12.6 Å². The van der Waals surface area contributed by atoms with E-state index in [4.69, 9.17) is 4.74 Å². The summed E-state index contributed by atoms with van der Waals surface area (Å²) in [6, 6.07) is -0.145. The van der Waals surface area contributed by atoms with Crippen LogP contribution in [-0.2, 0) is 9.53 Å². The maximum Gasteiger partial charge on any atom is 0.239 e. The van der Waals surface area contributed by atoms with Crippen LogP contribution < -0.4 is 5.32 Å². The van der Waals surface area contributed by atoms with Gasteiger partial charge in [-0.25, -0.2) is 0 Å². The van der Waals surface area contributed by atoms with Gasteiger partial charge in [0.2, 0.25) is 5.91 Å². The second-order valence-corrected chi connectivity index (χ2v) is 5.92. The summed E-state index contributed by atoms with van der Waals surface area (Å²) < 4.78 is 5.17. The van der Waals surface area contributed by atoms with E-state index in [1.807, 2.05) is 11.8 Å². The van der Waals surface area contributed by atoms with Crippen LogP contribution in [0, 0.1) is 0 Å². The SMILES string of the molecule is COCC(C)(C)NC(C)C(=O)N1CCCCCC1. The molecule has 0 aliphatic carbocycles. The van der Waals surface area contributed by atoms with Crippen molar-refractivity contribution in [2.45, 2.75) is 58.0 Å². The van der Waals surface area contributed by atoms with Gasteiger partial charge in [-0.15, -0.1) is 0 Å². The number of nitrogens with zero attached hydrogens (tertiary/aromatic N) is 1. The van der Waals surface area contributed by atoms with E-state index in [1.54, 1.807) is 7.11 Å². The molecule has 4 heteroatoms. The number of amides is 1. The minimum absolute atomic E-state index is 0.145. The first kappa shape index (κ1) is 15.4. The largest absolute Gasteiger partial charge is 0.383 e. The Morgan fingerprint density at radius 3 is 2.33 bits per heavy atom. The molecule has 0 aromatic heterocycles. The van der Waals surface area contributed by atoms with Crippen molar-refractivity contribution in [2.24, 2.45) is 0 Å². The van der Waals surface area contributed by atoms with Gasteiger partial charge in [0, 0.05) is 25.7 Å². The molecular weight excluding hydrogens is 228 g/mol. The lowest BCUT2D eigenvalue weighted by Gasteiger charge is -2.32. The summed E-state index contributed by atoms with van der Waals surface area (Å²) in [5, 5.41) is 3.36. The van der Waals surface area contributed by atoms with E-state index in [1.165, 1.54) is 12.8 Å². The van der Waals surface area contributed by atoms with Crippen LogP contribution in [0.4, 0.5) is 0 Å². The highest BCUT2D eigenvalue weighted by atomic mass is 16.5. The molecule has 0 spiro atoms. The number of hydrogen-bond acceptors (Lipinski definition) is 3. The Kier molecular flexibility index (Phi) is 6.09. The molecule has 1 rings (SSSR count). The van der Waals surface area contributed by atoms with Crippen molar-refractivity contribution in [3.8, 4) is 0 Å². The predicted molar refractivity (Wildman–Crippen MR) is 73.6 cm³/mol. The van der Waals surface area contributed by atoms with E-state index >= 15 is 0 Å². The minimum Gasteiger partial charge on any atom is -0.383 e. The zero-order chi connectivity index (χ0) is 13.6. The molecule has 4 nitrogen and oxygen atoms in total. The summed E-state index contributed by atoms with van der Waals surface area (Å²) >= 11 is 0. The van der Waals surface area contributed by atoms with Crippen LogP contribution in [0.1, 0.15) is 46.5 Å². The number of likely N-dealkylation sites (tertiary alicyclic amines) is 1. The first-order valence-electron chi connectivity index (χ1n) is 7.02. The van der Waals surface area contributed by atoms with Crippen molar-refractivity contribution in [3.05, 3.63) is 0 Å². The lowest BCUT2D eigenvalue weighted by Crippen LogP contribution is -2.54. The molecule has 1 atom stereocenters. The van der Waals surface area contributed by atoms with Gasteiger partial charge in [0.25, 0.3) is 0 Å². The number of nitrogens with one attached hydrogen (secondary N) is 1. The summed E-state index contributed by atoms with van der Waals surface area (Å²) in [5.74, 6) is 0.223. The van der Waals surface area contributed by atoms with E-state index in [0.717, 1.165) is 25.9 Å². The molecule has 18 heavy (non-hydrogen) atoms. The van der Waals surface area contributed by atoms with Gasteiger partial charge in [-0.2, -0.15) is 0 Å². The van der Waals surface area contributed by atoms with Gasteiger partial charge in [-0.1, -0.05) is 12.8 Å². The summed E-state index contributed by atoms with van der Waals surface area (Å²) in [7, 11) is 1.69. The zero-order valence-corrected chi connectivity index (χ0v) is 12.3.